The summed E-state index contributed by atoms with van der Waals surface area (Å²) in [6, 6.07) is 11.6. The van der Waals surface area contributed by atoms with Crippen molar-refractivity contribution in [2.45, 2.75) is 40.2 Å². The van der Waals surface area contributed by atoms with Crippen molar-refractivity contribution in [1.29, 1.82) is 0 Å². The molecule has 1 aromatic heterocycles. The Morgan fingerprint density at radius 3 is 2.48 bits per heavy atom. The highest BCUT2D eigenvalue weighted by Gasteiger charge is 2.22. The van der Waals surface area contributed by atoms with E-state index in [9.17, 15) is 4.79 Å². The predicted molar refractivity (Wildman–Crippen MR) is 106 cm³/mol. The number of carbonyl (C=O) groups is 1. The van der Waals surface area contributed by atoms with Crippen LogP contribution in [0.2, 0.25) is 0 Å². The predicted octanol–water partition coefficient (Wildman–Crippen LogP) is 5.79. The van der Waals surface area contributed by atoms with Crippen LogP contribution in [-0.2, 0) is 0 Å². The van der Waals surface area contributed by atoms with E-state index < -0.39 is 0 Å². The van der Waals surface area contributed by atoms with Crippen LogP contribution < -0.4 is 10.1 Å². The molecule has 5 heteroatoms. The Kier molecular flexibility index (Phi) is 7.31. The maximum atomic E-state index is 12.9. The summed E-state index contributed by atoms with van der Waals surface area (Å²) in [5, 5.41) is 5.07. The quantitative estimate of drug-likeness (QED) is 0.647. The van der Waals surface area contributed by atoms with E-state index >= 15 is 0 Å². The van der Waals surface area contributed by atoms with Crippen molar-refractivity contribution in [2.24, 2.45) is 5.92 Å². The van der Waals surface area contributed by atoms with E-state index in [-0.39, 0.29) is 12.1 Å². The molecule has 0 spiro atoms. The maximum Gasteiger partial charge on any atom is 0.322 e. The number of thiophene rings is 1. The highest BCUT2D eigenvalue weighted by molar-refractivity contribution is 7.10. The second kappa shape index (κ2) is 9.47. The Morgan fingerprint density at radius 2 is 1.92 bits per heavy atom. The third kappa shape index (κ3) is 5.78. The number of nitrogens with zero attached hydrogens (tertiary/aromatic N) is 1. The number of hydrogen-bond acceptors (Lipinski definition) is 3. The molecule has 0 bridgehead atoms. The highest BCUT2D eigenvalue weighted by Crippen LogP contribution is 2.26. The van der Waals surface area contributed by atoms with Crippen molar-refractivity contribution in [3.05, 3.63) is 46.7 Å². The molecular weight excluding hydrogens is 332 g/mol. The Balaban J connectivity index is 2.08. The largest absolute Gasteiger partial charge is 0.494 e. The van der Waals surface area contributed by atoms with Gasteiger partial charge in [-0.2, -0.15) is 0 Å². The first kappa shape index (κ1) is 19.3. The van der Waals surface area contributed by atoms with Gasteiger partial charge in [-0.25, -0.2) is 4.79 Å². The van der Waals surface area contributed by atoms with Crippen LogP contribution in [0.3, 0.4) is 0 Å². The van der Waals surface area contributed by atoms with Gasteiger partial charge in [0.15, 0.2) is 0 Å². The van der Waals surface area contributed by atoms with Crippen molar-refractivity contribution in [1.82, 2.24) is 4.90 Å². The lowest BCUT2D eigenvalue weighted by molar-refractivity contribution is 0.190. The molecule has 0 radical (unpaired) electrons. The van der Waals surface area contributed by atoms with Gasteiger partial charge < -0.3 is 15.0 Å². The van der Waals surface area contributed by atoms with E-state index in [0.29, 0.717) is 12.5 Å². The molecule has 1 aromatic carbocycles. The van der Waals surface area contributed by atoms with Crippen molar-refractivity contribution < 1.29 is 9.53 Å². The van der Waals surface area contributed by atoms with Crippen LogP contribution in [0, 0.1) is 5.92 Å². The lowest BCUT2D eigenvalue weighted by Crippen LogP contribution is -2.38. The first-order chi connectivity index (χ1) is 12.0. The summed E-state index contributed by atoms with van der Waals surface area (Å²) in [7, 11) is 0. The van der Waals surface area contributed by atoms with Crippen molar-refractivity contribution in [3.8, 4) is 5.75 Å². The van der Waals surface area contributed by atoms with Gasteiger partial charge in [-0.05, 0) is 61.9 Å². The molecule has 1 atom stereocenters. The molecule has 1 heterocycles. The topological polar surface area (TPSA) is 41.6 Å². The monoisotopic (exact) mass is 360 g/mol. The minimum atomic E-state index is -0.0642. The fourth-order valence-corrected chi connectivity index (χ4v) is 3.34. The summed E-state index contributed by atoms with van der Waals surface area (Å²) in [6.07, 6.45) is 0.979. The fourth-order valence-electron chi connectivity index (χ4n) is 2.55. The van der Waals surface area contributed by atoms with E-state index in [1.807, 2.05) is 42.2 Å². The Bertz CT molecular complexity index is 638. The number of amides is 2. The van der Waals surface area contributed by atoms with E-state index in [0.717, 1.165) is 24.4 Å². The standard InChI is InChI=1S/C20H28N2O2S/c1-5-24-18-10-8-17(9-11-18)21-20(23)22(13-12-15(2)3)16(4)19-7-6-14-25-19/h6-11,14-16H,5,12-13H2,1-4H3,(H,21,23)/t16-/m0/s1. The average Bonchev–Trinajstić information content (AvgIpc) is 3.11. The van der Waals surface area contributed by atoms with Crippen molar-refractivity contribution in [3.63, 3.8) is 0 Å². The normalized spacial score (nSPS) is 12.0. The Labute approximate surface area is 154 Å². The lowest BCUT2D eigenvalue weighted by Gasteiger charge is -2.29. The third-order valence-electron chi connectivity index (χ3n) is 4.05. The van der Waals surface area contributed by atoms with Gasteiger partial charge in [-0.3, -0.25) is 0 Å². The molecule has 136 valence electrons. The average molecular weight is 361 g/mol. The van der Waals surface area contributed by atoms with Crippen LogP contribution in [0.15, 0.2) is 41.8 Å². The number of urea groups is 1. The van der Waals surface area contributed by atoms with Gasteiger partial charge in [-0.15, -0.1) is 11.3 Å². The molecule has 0 saturated carbocycles. The second-order valence-electron chi connectivity index (χ2n) is 6.45. The van der Waals surface area contributed by atoms with Crippen LogP contribution in [-0.4, -0.2) is 24.1 Å². The van der Waals surface area contributed by atoms with Gasteiger partial charge in [-0.1, -0.05) is 19.9 Å². The number of benzene rings is 1. The summed E-state index contributed by atoms with van der Waals surface area (Å²) in [5.74, 6) is 1.36. The molecular formula is C20H28N2O2S. The van der Waals surface area contributed by atoms with Crippen molar-refractivity contribution in [2.75, 3.05) is 18.5 Å². The summed E-state index contributed by atoms with van der Waals surface area (Å²) in [6.45, 7) is 9.77. The van der Waals surface area contributed by atoms with Crippen LogP contribution in [0.4, 0.5) is 10.5 Å². The van der Waals surface area contributed by atoms with E-state index in [4.69, 9.17) is 4.74 Å². The molecule has 0 unspecified atom stereocenters. The first-order valence-corrected chi connectivity index (χ1v) is 9.73. The Morgan fingerprint density at radius 1 is 1.20 bits per heavy atom. The first-order valence-electron chi connectivity index (χ1n) is 8.85. The minimum absolute atomic E-state index is 0.0569. The molecule has 2 amide bonds. The van der Waals surface area contributed by atoms with Gasteiger partial charge in [0.25, 0.3) is 0 Å². The molecule has 0 aliphatic carbocycles. The Hall–Kier alpha value is -2.01. The smallest absolute Gasteiger partial charge is 0.322 e. The molecule has 2 aromatic rings. The molecule has 2 rings (SSSR count). The minimum Gasteiger partial charge on any atom is -0.494 e. The zero-order chi connectivity index (χ0) is 18.2. The van der Waals surface area contributed by atoms with Crippen LogP contribution in [0.25, 0.3) is 0 Å². The van der Waals surface area contributed by atoms with Crippen LogP contribution in [0.5, 0.6) is 5.75 Å². The molecule has 25 heavy (non-hydrogen) atoms. The van der Waals surface area contributed by atoms with Gasteiger partial charge in [0.05, 0.1) is 12.6 Å². The molecule has 0 fully saturated rings. The molecule has 4 nitrogen and oxygen atoms in total. The highest BCUT2D eigenvalue weighted by atomic mass is 32.1. The van der Waals surface area contributed by atoms with Crippen LogP contribution >= 0.6 is 11.3 Å². The van der Waals surface area contributed by atoms with Gasteiger partial charge in [0.2, 0.25) is 0 Å². The van der Waals surface area contributed by atoms with E-state index in [2.05, 4.69) is 37.5 Å². The fraction of sp³-hybridized carbons (Fsp3) is 0.450. The van der Waals surface area contributed by atoms with Crippen LogP contribution in [0.1, 0.15) is 45.0 Å². The summed E-state index contributed by atoms with van der Waals surface area (Å²) in [5.41, 5.74) is 0.779. The van der Waals surface area contributed by atoms with E-state index in [1.54, 1.807) is 11.3 Å². The zero-order valence-electron chi connectivity index (χ0n) is 15.5. The maximum absolute atomic E-state index is 12.9. The molecule has 1 N–H and O–H groups in total. The number of rotatable bonds is 8. The molecule has 0 aliphatic rings. The lowest BCUT2D eigenvalue weighted by atomic mass is 10.1. The number of carbonyl (C=O) groups excluding carboxylic acids is 1. The number of anilines is 1. The van der Waals surface area contributed by atoms with Crippen molar-refractivity contribution >= 4 is 23.1 Å². The second-order valence-corrected chi connectivity index (χ2v) is 7.43. The number of ether oxygens (including phenoxy) is 1. The molecule has 0 saturated heterocycles. The summed E-state index contributed by atoms with van der Waals surface area (Å²) < 4.78 is 5.44. The SMILES string of the molecule is CCOc1ccc(NC(=O)N(CCC(C)C)[C@@H](C)c2cccs2)cc1. The van der Waals surface area contributed by atoms with Gasteiger partial charge >= 0.3 is 6.03 Å². The van der Waals surface area contributed by atoms with E-state index in [1.165, 1.54) is 4.88 Å². The summed E-state index contributed by atoms with van der Waals surface area (Å²) in [4.78, 5) is 16.0. The number of hydrogen-bond donors (Lipinski definition) is 1. The zero-order valence-corrected chi connectivity index (χ0v) is 16.3. The summed E-state index contributed by atoms with van der Waals surface area (Å²) >= 11 is 1.69. The molecule has 0 aliphatic heterocycles. The van der Waals surface area contributed by atoms with Gasteiger partial charge in [0.1, 0.15) is 5.75 Å². The third-order valence-corrected chi connectivity index (χ3v) is 5.09. The number of nitrogens with one attached hydrogen (secondary N) is 1. The van der Waals surface area contributed by atoms with Gasteiger partial charge in [0, 0.05) is 17.1 Å².